The van der Waals surface area contributed by atoms with E-state index in [0.29, 0.717) is 16.3 Å². The molecule has 0 radical (unpaired) electrons. The molecule has 0 saturated heterocycles. The maximum absolute atomic E-state index is 13.8. The number of carbonyl (C=O) groups excluding carboxylic acids is 2. The van der Waals surface area contributed by atoms with E-state index in [-0.39, 0.29) is 46.3 Å². The summed E-state index contributed by atoms with van der Waals surface area (Å²) >= 11 is 12.3. The van der Waals surface area contributed by atoms with Gasteiger partial charge in [0.1, 0.15) is 5.69 Å². The number of aromatic nitrogens is 5. The minimum absolute atomic E-state index is 0.0365. The van der Waals surface area contributed by atoms with E-state index in [9.17, 15) is 28.0 Å². The molecule has 5 aromatic rings. The molecule has 0 aliphatic rings. The molecular weight excluding hydrogens is 632 g/mol. The molecule has 0 unspecified atom stereocenters. The molecule has 5 rings (SSSR count). The van der Waals surface area contributed by atoms with Crippen LogP contribution in [0.15, 0.2) is 72.9 Å². The van der Waals surface area contributed by atoms with Gasteiger partial charge in [-0.15, -0.1) is 5.10 Å². The molecule has 228 valence electrons. The van der Waals surface area contributed by atoms with Gasteiger partial charge in [-0.2, -0.15) is 23.5 Å². The summed E-state index contributed by atoms with van der Waals surface area (Å²) < 4.78 is 41.3. The number of carbonyl (C=O) groups is 2. The van der Waals surface area contributed by atoms with Crippen molar-refractivity contribution in [1.82, 2.24) is 30.1 Å². The molecule has 10 nitrogen and oxygen atoms in total. The Bertz CT molecular complexity index is 1950. The van der Waals surface area contributed by atoms with E-state index in [1.54, 1.807) is 55.5 Å². The number of hydrogen-bond acceptors (Lipinski definition) is 6. The lowest BCUT2D eigenvalue weighted by Crippen LogP contribution is -2.26. The van der Waals surface area contributed by atoms with E-state index in [2.05, 4.69) is 26.0 Å². The lowest BCUT2D eigenvalue weighted by Gasteiger charge is -2.16. The molecule has 0 bridgehead atoms. The van der Waals surface area contributed by atoms with Crippen molar-refractivity contribution >= 4 is 40.7 Å². The van der Waals surface area contributed by atoms with E-state index in [1.165, 1.54) is 22.9 Å². The molecule has 2 aromatic heterocycles. The van der Waals surface area contributed by atoms with Crippen LogP contribution in [0.3, 0.4) is 0 Å². The van der Waals surface area contributed by atoms with Gasteiger partial charge in [0.25, 0.3) is 11.8 Å². The molecule has 0 aliphatic heterocycles. The van der Waals surface area contributed by atoms with E-state index in [0.717, 1.165) is 16.4 Å². The van der Waals surface area contributed by atoms with Gasteiger partial charge in [0.05, 0.1) is 52.0 Å². The van der Waals surface area contributed by atoms with Crippen LogP contribution in [0, 0.1) is 18.3 Å². The van der Waals surface area contributed by atoms with Gasteiger partial charge >= 0.3 is 6.18 Å². The number of amides is 2. The number of anilines is 1. The first kappa shape index (κ1) is 31.2. The van der Waals surface area contributed by atoms with Gasteiger partial charge in [-0.3, -0.25) is 9.59 Å². The van der Waals surface area contributed by atoms with Crippen LogP contribution in [0.4, 0.5) is 18.9 Å². The third-order valence-corrected chi connectivity index (χ3v) is 7.11. The Morgan fingerprint density at radius 1 is 1.02 bits per heavy atom. The Labute approximate surface area is 264 Å². The number of benzene rings is 3. The quantitative estimate of drug-likeness (QED) is 0.205. The predicted octanol–water partition coefficient (Wildman–Crippen LogP) is 6.20. The summed E-state index contributed by atoms with van der Waals surface area (Å²) in [7, 11) is 0. The summed E-state index contributed by atoms with van der Waals surface area (Å²) in [5, 5.41) is 26.9. The minimum Gasteiger partial charge on any atom is -0.348 e. The third-order valence-electron chi connectivity index (χ3n) is 6.54. The van der Waals surface area contributed by atoms with Crippen molar-refractivity contribution in [3.63, 3.8) is 0 Å². The van der Waals surface area contributed by atoms with Crippen molar-refractivity contribution in [1.29, 1.82) is 5.26 Å². The summed E-state index contributed by atoms with van der Waals surface area (Å²) in [6.07, 6.45) is -3.96. The molecule has 0 aliphatic carbocycles. The lowest BCUT2D eigenvalue weighted by molar-refractivity contribution is -0.141. The second-order valence-corrected chi connectivity index (χ2v) is 10.6. The van der Waals surface area contributed by atoms with Crippen molar-refractivity contribution in [3.8, 4) is 11.8 Å². The van der Waals surface area contributed by atoms with Crippen molar-refractivity contribution in [3.05, 3.63) is 122 Å². The van der Waals surface area contributed by atoms with Gasteiger partial charge < -0.3 is 10.6 Å². The maximum atomic E-state index is 13.8. The highest BCUT2D eigenvalue weighted by molar-refractivity contribution is 6.32. The number of hydrogen-bond donors (Lipinski definition) is 2. The predicted molar refractivity (Wildman–Crippen MR) is 159 cm³/mol. The molecule has 0 atom stereocenters. The standard InChI is InChI=1S/C30H21Cl2F3N8O2/c1-17-10-19(13-36)11-22(28(44)37-14-18-6-8-20(31)9-7-18)27(17)38-29(45)25-12-21(15-42-16-26(39-41-42)30(33,34)35)40-43(25)24-5-3-2-4-23(24)32/h2-12,16H,14-15H2,1H3,(H,37,44)(H,38,45). The van der Waals surface area contributed by atoms with Gasteiger partial charge in [0.15, 0.2) is 5.69 Å². The number of nitrogens with zero attached hydrogens (tertiary/aromatic N) is 6. The van der Waals surface area contributed by atoms with Crippen LogP contribution in [0.5, 0.6) is 0 Å². The zero-order valence-electron chi connectivity index (χ0n) is 23.2. The van der Waals surface area contributed by atoms with Gasteiger partial charge in [-0.25, -0.2) is 9.36 Å². The van der Waals surface area contributed by atoms with Crippen LogP contribution < -0.4 is 10.6 Å². The average molecular weight is 653 g/mol. The highest BCUT2D eigenvalue weighted by atomic mass is 35.5. The third kappa shape index (κ3) is 7.14. The monoisotopic (exact) mass is 652 g/mol. The van der Waals surface area contributed by atoms with Gasteiger partial charge in [-0.05, 0) is 60.5 Å². The molecule has 15 heteroatoms. The van der Waals surface area contributed by atoms with Gasteiger partial charge in [-0.1, -0.05) is 52.7 Å². The van der Waals surface area contributed by atoms with E-state index in [1.807, 2.05) is 6.07 Å². The van der Waals surface area contributed by atoms with Crippen LogP contribution in [0.2, 0.25) is 10.0 Å². The summed E-state index contributed by atoms with van der Waals surface area (Å²) in [5.41, 5.74) is 0.889. The summed E-state index contributed by atoms with van der Waals surface area (Å²) in [6.45, 7) is 1.54. The van der Waals surface area contributed by atoms with Gasteiger partial charge in [0.2, 0.25) is 0 Å². The minimum atomic E-state index is -4.68. The fourth-order valence-electron chi connectivity index (χ4n) is 4.40. The first-order valence-corrected chi connectivity index (χ1v) is 13.9. The van der Waals surface area contributed by atoms with E-state index in [4.69, 9.17) is 23.2 Å². The van der Waals surface area contributed by atoms with Crippen LogP contribution in [-0.4, -0.2) is 36.6 Å². The van der Waals surface area contributed by atoms with E-state index < -0.39 is 23.7 Å². The Kier molecular flexibility index (Phi) is 8.89. The molecule has 0 fully saturated rings. The summed E-state index contributed by atoms with van der Waals surface area (Å²) in [4.78, 5) is 27.1. The molecule has 2 amide bonds. The van der Waals surface area contributed by atoms with Crippen LogP contribution >= 0.6 is 23.2 Å². The molecule has 45 heavy (non-hydrogen) atoms. The number of nitriles is 1. The van der Waals surface area contributed by atoms with Crippen molar-refractivity contribution < 1.29 is 22.8 Å². The zero-order valence-corrected chi connectivity index (χ0v) is 24.7. The van der Waals surface area contributed by atoms with Crippen LogP contribution in [-0.2, 0) is 19.3 Å². The smallest absolute Gasteiger partial charge is 0.348 e. The fraction of sp³-hybridized carbons (Fsp3) is 0.133. The van der Waals surface area contributed by atoms with Gasteiger partial charge in [0, 0.05) is 11.6 Å². The lowest BCUT2D eigenvalue weighted by atomic mass is 10.0. The highest BCUT2D eigenvalue weighted by Gasteiger charge is 2.34. The second kappa shape index (κ2) is 12.8. The number of rotatable bonds is 8. The SMILES string of the molecule is Cc1cc(C#N)cc(C(=O)NCc2ccc(Cl)cc2)c1NC(=O)c1cc(Cn2cc(C(F)(F)F)nn2)nn1-c1ccccc1Cl. The van der Waals surface area contributed by atoms with Crippen molar-refractivity contribution in [2.45, 2.75) is 26.2 Å². The fourth-order valence-corrected chi connectivity index (χ4v) is 4.74. The Morgan fingerprint density at radius 2 is 1.76 bits per heavy atom. The number of para-hydroxylation sites is 1. The maximum Gasteiger partial charge on any atom is 0.436 e. The van der Waals surface area contributed by atoms with Crippen LogP contribution in [0.1, 0.15) is 48.9 Å². The largest absolute Gasteiger partial charge is 0.436 e. The summed E-state index contributed by atoms with van der Waals surface area (Å²) in [6, 6.07) is 19.7. The molecule has 3 aromatic carbocycles. The number of alkyl halides is 3. The number of halogens is 5. The molecular formula is C30H21Cl2F3N8O2. The Hall–Kier alpha value is -5.19. The van der Waals surface area contributed by atoms with Crippen LogP contribution in [0.25, 0.3) is 5.69 Å². The Morgan fingerprint density at radius 3 is 2.42 bits per heavy atom. The van der Waals surface area contributed by atoms with Crippen molar-refractivity contribution in [2.75, 3.05) is 5.32 Å². The normalized spacial score (nSPS) is 11.2. The average Bonchev–Trinajstić information content (AvgIpc) is 3.65. The first-order chi connectivity index (χ1) is 21.4. The second-order valence-electron chi connectivity index (χ2n) is 9.77. The molecule has 2 N–H and O–H groups in total. The van der Waals surface area contributed by atoms with Crippen molar-refractivity contribution in [2.24, 2.45) is 0 Å². The summed E-state index contributed by atoms with van der Waals surface area (Å²) in [5.74, 6) is -1.25. The Balaban J connectivity index is 1.48. The zero-order chi connectivity index (χ0) is 32.3. The number of nitrogens with one attached hydrogen (secondary N) is 2. The first-order valence-electron chi connectivity index (χ1n) is 13.1. The van der Waals surface area contributed by atoms with E-state index >= 15 is 0 Å². The number of aryl methyl sites for hydroxylation is 1. The molecule has 0 saturated carbocycles. The topological polar surface area (TPSA) is 131 Å². The molecule has 2 heterocycles. The molecule has 0 spiro atoms. The highest BCUT2D eigenvalue weighted by Crippen LogP contribution is 2.28.